The summed E-state index contributed by atoms with van der Waals surface area (Å²) in [6.07, 6.45) is 5.18. The van der Waals surface area contributed by atoms with E-state index in [1.165, 1.54) is 17.2 Å². The van der Waals surface area contributed by atoms with Crippen LogP contribution in [-0.4, -0.2) is 18.1 Å². The van der Waals surface area contributed by atoms with Crippen LogP contribution in [0.2, 0.25) is 0 Å². The maximum absolute atomic E-state index is 14.4. The average Bonchev–Trinajstić information content (AvgIpc) is 2.79. The van der Waals surface area contributed by atoms with Crippen LogP contribution in [0.5, 0.6) is 0 Å². The van der Waals surface area contributed by atoms with Crippen molar-refractivity contribution in [3.8, 4) is 11.1 Å². The average molecular weight is 453 g/mol. The minimum Gasteiger partial charge on any atom is -0.399 e. The van der Waals surface area contributed by atoms with E-state index in [0.29, 0.717) is 29.9 Å². The van der Waals surface area contributed by atoms with Gasteiger partial charge in [0.1, 0.15) is 11.6 Å². The molecule has 0 fully saturated rings. The van der Waals surface area contributed by atoms with E-state index in [9.17, 15) is 8.78 Å². The van der Waals surface area contributed by atoms with Crippen LogP contribution in [0.4, 0.5) is 20.2 Å². The predicted molar refractivity (Wildman–Crippen MR) is 133 cm³/mol. The van der Waals surface area contributed by atoms with E-state index in [0.717, 1.165) is 42.3 Å². The molecule has 4 N–H and O–H groups in total. The van der Waals surface area contributed by atoms with Crippen molar-refractivity contribution in [3.05, 3.63) is 76.6 Å². The minimum absolute atomic E-state index is 0.00792. The summed E-state index contributed by atoms with van der Waals surface area (Å²) >= 11 is 0. The molecule has 0 aliphatic carbocycles. The Morgan fingerprint density at radius 2 is 1.85 bits per heavy atom. The summed E-state index contributed by atoms with van der Waals surface area (Å²) in [5.41, 5.74) is 13.5. The largest absolute Gasteiger partial charge is 0.399 e. The molecule has 1 aromatic heterocycles. The first kappa shape index (κ1) is 24.6. The summed E-state index contributed by atoms with van der Waals surface area (Å²) in [7, 11) is 0. The topological polar surface area (TPSA) is 63.0 Å². The van der Waals surface area contributed by atoms with Crippen LogP contribution in [0.3, 0.4) is 0 Å². The zero-order valence-electron chi connectivity index (χ0n) is 19.9. The molecular weight excluding hydrogens is 418 g/mol. The van der Waals surface area contributed by atoms with Crippen molar-refractivity contribution in [2.24, 2.45) is 0 Å². The van der Waals surface area contributed by atoms with Crippen molar-refractivity contribution < 1.29 is 8.78 Å². The molecule has 176 valence electrons. The summed E-state index contributed by atoms with van der Waals surface area (Å²) < 4.78 is 28.3. The second-order valence-electron chi connectivity index (χ2n) is 8.50. The fourth-order valence-electron chi connectivity index (χ4n) is 4.05. The Kier molecular flexibility index (Phi) is 8.39. The first-order valence-corrected chi connectivity index (χ1v) is 11.6. The number of nitrogens with two attached hydrogens (primary N) is 1. The van der Waals surface area contributed by atoms with Crippen LogP contribution >= 0.6 is 0 Å². The second-order valence-corrected chi connectivity index (χ2v) is 8.50. The van der Waals surface area contributed by atoms with E-state index >= 15 is 0 Å². The van der Waals surface area contributed by atoms with Gasteiger partial charge in [-0.2, -0.15) is 0 Å². The lowest BCUT2D eigenvalue weighted by Crippen LogP contribution is -2.13. The molecule has 1 heterocycles. The molecule has 1 atom stereocenters. The van der Waals surface area contributed by atoms with E-state index in [2.05, 4.69) is 35.5 Å². The molecule has 0 aliphatic heterocycles. The van der Waals surface area contributed by atoms with Crippen molar-refractivity contribution in [1.82, 2.24) is 10.3 Å². The normalized spacial score (nSPS) is 12.1. The monoisotopic (exact) mass is 452 g/mol. The summed E-state index contributed by atoms with van der Waals surface area (Å²) in [6, 6.07) is 8.33. The van der Waals surface area contributed by atoms with Crippen molar-refractivity contribution >= 4 is 11.4 Å². The Hall–Kier alpha value is -2.99. The standard InChI is InChI=1S/C27H34F2N4/c1-5-17(3)27-24(29)12-22(28)13-26(27)33-10-9-20-11-19(7-8-25(20)30)23-16-32-15-21(18(23)4)14-31-6-2/h7-8,11-13,15-17,31,33H,5-6,9-10,14,30H2,1-4H3. The summed E-state index contributed by atoms with van der Waals surface area (Å²) in [5, 5.41) is 6.58. The minimum atomic E-state index is -0.580. The summed E-state index contributed by atoms with van der Waals surface area (Å²) in [5.74, 6) is -1.09. The summed E-state index contributed by atoms with van der Waals surface area (Å²) in [6.45, 7) is 10.3. The number of pyridine rings is 1. The highest BCUT2D eigenvalue weighted by atomic mass is 19.1. The molecule has 0 radical (unpaired) electrons. The highest BCUT2D eigenvalue weighted by Crippen LogP contribution is 2.31. The second kappa shape index (κ2) is 11.2. The molecule has 3 aromatic rings. The Morgan fingerprint density at radius 1 is 1.06 bits per heavy atom. The number of aromatic nitrogens is 1. The van der Waals surface area contributed by atoms with Gasteiger partial charge >= 0.3 is 0 Å². The highest BCUT2D eigenvalue weighted by molar-refractivity contribution is 5.71. The molecule has 6 heteroatoms. The van der Waals surface area contributed by atoms with Gasteiger partial charge in [0.05, 0.1) is 0 Å². The van der Waals surface area contributed by atoms with Gasteiger partial charge in [0.25, 0.3) is 0 Å². The number of nitrogen functional groups attached to an aromatic ring is 1. The van der Waals surface area contributed by atoms with Crippen LogP contribution in [-0.2, 0) is 13.0 Å². The molecule has 0 bridgehead atoms. The lowest BCUT2D eigenvalue weighted by molar-refractivity contribution is 0.557. The molecule has 0 saturated heterocycles. The number of halogens is 2. The Bertz CT molecular complexity index is 1100. The zero-order valence-corrected chi connectivity index (χ0v) is 19.9. The number of rotatable bonds is 10. The lowest BCUT2D eigenvalue weighted by atomic mass is 9.95. The van der Waals surface area contributed by atoms with Gasteiger partial charge in [0.15, 0.2) is 0 Å². The number of nitrogens with one attached hydrogen (secondary N) is 2. The van der Waals surface area contributed by atoms with E-state index < -0.39 is 11.6 Å². The Morgan fingerprint density at radius 3 is 2.58 bits per heavy atom. The first-order valence-electron chi connectivity index (χ1n) is 11.6. The molecule has 2 aromatic carbocycles. The smallest absolute Gasteiger partial charge is 0.131 e. The number of nitrogens with zero attached hydrogens (tertiary/aromatic N) is 1. The molecular formula is C27H34F2N4. The molecule has 0 saturated carbocycles. The SMILES string of the molecule is CCNCc1cncc(-c2ccc(N)c(CCNc3cc(F)cc(F)c3C(C)CC)c2)c1C. The number of hydrogen-bond donors (Lipinski definition) is 3. The van der Waals surface area contributed by atoms with E-state index in [4.69, 9.17) is 5.73 Å². The molecule has 0 aliphatic rings. The highest BCUT2D eigenvalue weighted by Gasteiger charge is 2.16. The van der Waals surface area contributed by atoms with Crippen molar-refractivity contribution in [2.75, 3.05) is 24.1 Å². The van der Waals surface area contributed by atoms with Crippen LogP contribution in [0, 0.1) is 18.6 Å². The first-order chi connectivity index (χ1) is 15.8. The van der Waals surface area contributed by atoms with Gasteiger partial charge in [-0.1, -0.05) is 26.8 Å². The van der Waals surface area contributed by atoms with E-state index in [1.54, 1.807) is 0 Å². The molecule has 1 unspecified atom stereocenters. The van der Waals surface area contributed by atoms with Gasteiger partial charge in [0.2, 0.25) is 0 Å². The van der Waals surface area contributed by atoms with E-state index in [-0.39, 0.29) is 5.92 Å². The fourth-order valence-corrected chi connectivity index (χ4v) is 4.05. The zero-order chi connectivity index (χ0) is 24.0. The fraction of sp³-hybridized carbons (Fsp3) is 0.370. The van der Waals surface area contributed by atoms with Gasteiger partial charge in [0, 0.05) is 54.1 Å². The molecule has 4 nitrogen and oxygen atoms in total. The number of anilines is 2. The van der Waals surface area contributed by atoms with Crippen molar-refractivity contribution in [3.63, 3.8) is 0 Å². The van der Waals surface area contributed by atoms with Crippen LogP contribution in [0.1, 0.15) is 55.4 Å². The third-order valence-corrected chi connectivity index (χ3v) is 6.25. The number of benzene rings is 2. The summed E-state index contributed by atoms with van der Waals surface area (Å²) in [4.78, 5) is 4.42. The van der Waals surface area contributed by atoms with Crippen LogP contribution in [0.25, 0.3) is 11.1 Å². The van der Waals surface area contributed by atoms with Crippen LogP contribution in [0.15, 0.2) is 42.7 Å². The van der Waals surface area contributed by atoms with Gasteiger partial charge in [-0.15, -0.1) is 0 Å². The van der Waals surface area contributed by atoms with Crippen molar-refractivity contribution in [1.29, 1.82) is 0 Å². The maximum atomic E-state index is 14.4. The third kappa shape index (κ3) is 5.88. The molecule has 0 amide bonds. The Balaban J connectivity index is 1.80. The number of hydrogen-bond acceptors (Lipinski definition) is 4. The van der Waals surface area contributed by atoms with Gasteiger partial charge in [-0.25, -0.2) is 8.78 Å². The molecule has 33 heavy (non-hydrogen) atoms. The Labute approximate surface area is 195 Å². The molecule has 0 spiro atoms. The van der Waals surface area contributed by atoms with Crippen LogP contribution < -0.4 is 16.4 Å². The quantitative estimate of drug-likeness (QED) is 0.321. The third-order valence-electron chi connectivity index (χ3n) is 6.25. The van der Waals surface area contributed by atoms with E-state index in [1.807, 2.05) is 38.4 Å². The van der Waals surface area contributed by atoms with Crippen molar-refractivity contribution in [2.45, 2.75) is 53.0 Å². The van der Waals surface area contributed by atoms with Gasteiger partial charge in [-0.3, -0.25) is 4.98 Å². The lowest BCUT2D eigenvalue weighted by Gasteiger charge is -2.18. The maximum Gasteiger partial charge on any atom is 0.131 e. The predicted octanol–water partition coefficient (Wildman–Crippen LogP) is 6.20. The van der Waals surface area contributed by atoms with Gasteiger partial charge < -0.3 is 16.4 Å². The van der Waals surface area contributed by atoms with Gasteiger partial charge in [-0.05, 0) is 72.7 Å². The molecule has 3 rings (SSSR count).